The number of anilines is 1. The summed E-state index contributed by atoms with van der Waals surface area (Å²) in [5, 5.41) is 5.66. The maximum absolute atomic E-state index is 13.3. The lowest BCUT2D eigenvalue weighted by Gasteiger charge is -2.35. The van der Waals surface area contributed by atoms with Crippen LogP contribution in [0.4, 0.5) is 10.1 Å². The average molecular weight is 605 g/mol. The highest BCUT2D eigenvalue weighted by atomic mass is 19.1. The van der Waals surface area contributed by atoms with Crippen molar-refractivity contribution in [1.29, 1.82) is 0 Å². The predicted molar refractivity (Wildman–Crippen MR) is 162 cm³/mol. The molecule has 0 aliphatic carbocycles. The van der Waals surface area contributed by atoms with E-state index in [-0.39, 0.29) is 43.5 Å². The predicted octanol–water partition coefficient (Wildman–Crippen LogP) is 3.58. The topological polar surface area (TPSA) is 109 Å². The lowest BCUT2D eigenvalue weighted by atomic mass is 10.2. The van der Waals surface area contributed by atoms with Gasteiger partial charge in [-0.05, 0) is 66.9 Å². The molecule has 3 aromatic carbocycles. The molecule has 2 N–H and O–H groups in total. The molecule has 232 valence electrons. The molecular formula is C33H37FN4O6. The maximum atomic E-state index is 13.3. The number of nitrogens with one attached hydrogen (secondary N) is 2. The Hall–Kier alpha value is -4.32. The van der Waals surface area contributed by atoms with Gasteiger partial charge in [-0.15, -0.1) is 0 Å². The smallest absolute Gasteiger partial charge is 0.251 e. The quantitative estimate of drug-likeness (QED) is 0.325. The third-order valence-corrected chi connectivity index (χ3v) is 7.48. The molecule has 0 radical (unpaired) electrons. The Labute approximate surface area is 256 Å². The minimum absolute atomic E-state index is 0.0222. The van der Waals surface area contributed by atoms with Crippen molar-refractivity contribution in [3.8, 4) is 11.5 Å². The van der Waals surface area contributed by atoms with Crippen molar-refractivity contribution in [3.05, 3.63) is 90.2 Å². The van der Waals surface area contributed by atoms with Crippen LogP contribution in [0.2, 0.25) is 0 Å². The SMILES string of the molecule is O=C(CN1CCN(C(=O)C2CCCO2)CC1)NC(COCc1ccccc1)C(=O)Nc1ccc(Oc2ccc(F)cc2)cc1. The Morgan fingerprint density at radius 1 is 0.909 bits per heavy atom. The van der Waals surface area contributed by atoms with Crippen LogP contribution in [0.15, 0.2) is 78.9 Å². The second-order valence-corrected chi connectivity index (χ2v) is 10.8. The Kier molecular flexibility index (Phi) is 10.9. The molecule has 3 amide bonds. The van der Waals surface area contributed by atoms with E-state index in [0.717, 1.165) is 18.4 Å². The van der Waals surface area contributed by atoms with E-state index in [9.17, 15) is 18.8 Å². The van der Waals surface area contributed by atoms with Crippen LogP contribution in [-0.2, 0) is 30.5 Å². The molecule has 10 nitrogen and oxygen atoms in total. The van der Waals surface area contributed by atoms with E-state index < -0.39 is 11.9 Å². The third kappa shape index (κ3) is 9.09. The van der Waals surface area contributed by atoms with E-state index in [0.29, 0.717) is 50.0 Å². The van der Waals surface area contributed by atoms with E-state index >= 15 is 0 Å². The fourth-order valence-electron chi connectivity index (χ4n) is 5.07. The Bertz CT molecular complexity index is 1380. The molecule has 0 saturated carbocycles. The summed E-state index contributed by atoms with van der Waals surface area (Å²) in [6.07, 6.45) is 1.31. The molecule has 3 aromatic rings. The number of piperazine rings is 1. The largest absolute Gasteiger partial charge is 0.457 e. The summed E-state index contributed by atoms with van der Waals surface area (Å²) in [5.74, 6) is -0.0653. The third-order valence-electron chi connectivity index (χ3n) is 7.48. The highest BCUT2D eigenvalue weighted by molar-refractivity contribution is 5.97. The Morgan fingerprint density at radius 3 is 2.25 bits per heavy atom. The van der Waals surface area contributed by atoms with E-state index in [2.05, 4.69) is 10.6 Å². The first kappa shape index (κ1) is 31.1. The molecule has 11 heteroatoms. The number of benzene rings is 3. The van der Waals surface area contributed by atoms with Crippen LogP contribution in [0.3, 0.4) is 0 Å². The van der Waals surface area contributed by atoms with Crippen LogP contribution in [0.5, 0.6) is 11.5 Å². The first-order chi connectivity index (χ1) is 21.4. The van der Waals surface area contributed by atoms with Gasteiger partial charge in [0.15, 0.2) is 0 Å². The van der Waals surface area contributed by atoms with Gasteiger partial charge in [0.25, 0.3) is 5.91 Å². The van der Waals surface area contributed by atoms with Crippen molar-refractivity contribution in [1.82, 2.24) is 15.1 Å². The van der Waals surface area contributed by atoms with Crippen molar-refractivity contribution >= 4 is 23.4 Å². The van der Waals surface area contributed by atoms with Gasteiger partial charge in [-0.25, -0.2) is 4.39 Å². The molecule has 2 fully saturated rings. The normalized spacial score (nSPS) is 17.6. The number of ether oxygens (including phenoxy) is 3. The van der Waals surface area contributed by atoms with Gasteiger partial charge in [0.05, 0.1) is 19.8 Å². The molecule has 0 spiro atoms. The molecular weight excluding hydrogens is 567 g/mol. The second kappa shape index (κ2) is 15.4. The fraction of sp³-hybridized carbons (Fsp3) is 0.364. The van der Waals surface area contributed by atoms with E-state index in [1.807, 2.05) is 35.2 Å². The summed E-state index contributed by atoms with van der Waals surface area (Å²) >= 11 is 0. The summed E-state index contributed by atoms with van der Waals surface area (Å²) < 4.78 is 30.2. The molecule has 2 aliphatic rings. The van der Waals surface area contributed by atoms with Gasteiger partial charge in [-0.2, -0.15) is 0 Å². The number of carbonyl (C=O) groups excluding carboxylic acids is 3. The zero-order valence-electron chi connectivity index (χ0n) is 24.5. The van der Waals surface area contributed by atoms with Crippen molar-refractivity contribution in [3.63, 3.8) is 0 Å². The number of nitrogens with zero attached hydrogens (tertiary/aromatic N) is 2. The summed E-state index contributed by atoms with van der Waals surface area (Å²) in [6.45, 7) is 3.14. The average Bonchev–Trinajstić information content (AvgIpc) is 3.58. The number of rotatable bonds is 12. The van der Waals surface area contributed by atoms with Crippen LogP contribution in [0.25, 0.3) is 0 Å². The maximum Gasteiger partial charge on any atom is 0.251 e. The lowest BCUT2D eigenvalue weighted by molar-refractivity contribution is -0.143. The number of carbonyl (C=O) groups is 3. The standard InChI is InChI=1S/C33H37FN4O6/c34-25-8-12-27(13-9-25)44-28-14-10-26(11-15-28)35-32(40)29(23-42-22-24-5-2-1-3-6-24)36-31(39)21-37-16-18-38(19-17-37)33(41)30-7-4-20-43-30/h1-3,5-6,8-15,29-30H,4,7,16-23H2,(H,35,40)(H,36,39). The molecule has 0 aromatic heterocycles. The number of hydrogen-bond acceptors (Lipinski definition) is 7. The van der Waals surface area contributed by atoms with Crippen molar-refractivity contribution in [2.24, 2.45) is 0 Å². The molecule has 44 heavy (non-hydrogen) atoms. The molecule has 2 heterocycles. The van der Waals surface area contributed by atoms with Crippen LogP contribution in [-0.4, -0.2) is 85.6 Å². The highest BCUT2D eigenvalue weighted by Crippen LogP contribution is 2.23. The van der Waals surface area contributed by atoms with Gasteiger partial charge in [0, 0.05) is 38.5 Å². The van der Waals surface area contributed by atoms with Crippen LogP contribution in [0, 0.1) is 5.82 Å². The summed E-state index contributed by atoms with van der Waals surface area (Å²) in [5.41, 5.74) is 1.46. The summed E-state index contributed by atoms with van der Waals surface area (Å²) in [7, 11) is 0. The molecule has 2 atom stereocenters. The van der Waals surface area contributed by atoms with Gasteiger partial charge < -0.3 is 29.7 Å². The number of amides is 3. The zero-order valence-corrected chi connectivity index (χ0v) is 24.5. The van der Waals surface area contributed by atoms with Crippen molar-refractivity contribution < 1.29 is 33.0 Å². The Balaban J connectivity index is 1.14. The van der Waals surface area contributed by atoms with Gasteiger partial charge >= 0.3 is 0 Å². The van der Waals surface area contributed by atoms with Gasteiger partial charge in [-0.1, -0.05) is 30.3 Å². The number of hydrogen-bond donors (Lipinski definition) is 2. The summed E-state index contributed by atoms with van der Waals surface area (Å²) in [4.78, 5) is 42.7. The van der Waals surface area contributed by atoms with Crippen LogP contribution >= 0.6 is 0 Å². The fourth-order valence-corrected chi connectivity index (χ4v) is 5.07. The van der Waals surface area contributed by atoms with E-state index in [1.54, 1.807) is 29.2 Å². The van der Waals surface area contributed by atoms with Crippen molar-refractivity contribution in [2.45, 2.75) is 31.6 Å². The van der Waals surface area contributed by atoms with Gasteiger partial charge in [0.2, 0.25) is 11.8 Å². The van der Waals surface area contributed by atoms with Gasteiger partial charge in [0.1, 0.15) is 29.5 Å². The molecule has 2 unspecified atom stereocenters. The lowest BCUT2D eigenvalue weighted by Crippen LogP contribution is -2.55. The van der Waals surface area contributed by atoms with Gasteiger partial charge in [-0.3, -0.25) is 19.3 Å². The van der Waals surface area contributed by atoms with Crippen LogP contribution < -0.4 is 15.4 Å². The summed E-state index contributed by atoms with van der Waals surface area (Å²) in [6, 6.07) is 21.0. The highest BCUT2D eigenvalue weighted by Gasteiger charge is 2.31. The minimum Gasteiger partial charge on any atom is -0.457 e. The monoisotopic (exact) mass is 604 g/mol. The van der Waals surface area contributed by atoms with E-state index in [1.165, 1.54) is 24.3 Å². The van der Waals surface area contributed by atoms with Crippen molar-refractivity contribution in [2.75, 3.05) is 51.3 Å². The molecule has 5 rings (SSSR count). The van der Waals surface area contributed by atoms with Crippen LogP contribution in [0.1, 0.15) is 18.4 Å². The Morgan fingerprint density at radius 2 is 1.59 bits per heavy atom. The first-order valence-electron chi connectivity index (χ1n) is 14.8. The molecule has 2 aliphatic heterocycles. The molecule has 2 saturated heterocycles. The number of halogens is 1. The minimum atomic E-state index is -0.941. The van der Waals surface area contributed by atoms with E-state index in [4.69, 9.17) is 14.2 Å². The first-order valence-corrected chi connectivity index (χ1v) is 14.8. The molecule has 0 bridgehead atoms. The second-order valence-electron chi connectivity index (χ2n) is 10.8. The zero-order chi connectivity index (χ0) is 30.7.